The van der Waals surface area contributed by atoms with E-state index in [1.165, 1.54) is 14.2 Å². The molecular weight excluding hydrogens is 272 g/mol. The van der Waals surface area contributed by atoms with Crippen molar-refractivity contribution in [2.75, 3.05) is 27.8 Å². The van der Waals surface area contributed by atoms with Crippen molar-refractivity contribution >= 4 is 0 Å². The second kappa shape index (κ2) is 5.47. The van der Waals surface area contributed by atoms with Crippen molar-refractivity contribution in [3.63, 3.8) is 0 Å². The smallest absolute Gasteiger partial charge is 0.281 e. The molecule has 1 aliphatic carbocycles. The second-order valence-corrected chi connectivity index (χ2v) is 5.18. The molecule has 4 rings (SSSR count). The number of hydrogen-bond acceptors (Lipinski definition) is 8. The minimum Gasteiger partial charge on any atom is -0.387 e. The van der Waals surface area contributed by atoms with E-state index in [1.54, 1.807) is 6.92 Å². The van der Waals surface area contributed by atoms with Gasteiger partial charge < -0.3 is 38.3 Å². The summed E-state index contributed by atoms with van der Waals surface area (Å²) in [6, 6.07) is 0. The molecule has 3 saturated heterocycles. The molecule has 0 aromatic carbocycles. The molecule has 0 radical (unpaired) electrons. The zero-order chi connectivity index (χ0) is 14.3. The number of aliphatic hydroxyl groups is 1. The van der Waals surface area contributed by atoms with Crippen LogP contribution in [0, 0.1) is 0 Å². The molecule has 0 aromatic rings. The van der Waals surface area contributed by atoms with Gasteiger partial charge in [-0.3, -0.25) is 0 Å². The van der Waals surface area contributed by atoms with Crippen LogP contribution in [-0.4, -0.2) is 75.5 Å². The molecule has 4 bridgehead atoms. The van der Waals surface area contributed by atoms with Crippen molar-refractivity contribution in [1.29, 1.82) is 0 Å². The summed E-state index contributed by atoms with van der Waals surface area (Å²) in [6.45, 7) is 1.83. The van der Waals surface area contributed by atoms with Gasteiger partial charge in [-0.25, -0.2) is 0 Å². The van der Waals surface area contributed by atoms with E-state index in [9.17, 15) is 5.11 Å². The molecule has 5 unspecified atom stereocenters. The Morgan fingerprint density at radius 2 is 1.35 bits per heavy atom. The van der Waals surface area contributed by atoms with Crippen molar-refractivity contribution in [3.05, 3.63) is 0 Å². The SMILES string of the molecule is COCOC1C2OC3(C)OC1[C@@H](OCOC)[C@H](O3)C2O. The molecule has 0 spiro atoms. The third kappa shape index (κ3) is 2.26. The highest BCUT2D eigenvalue weighted by atomic mass is 16.9. The largest absolute Gasteiger partial charge is 0.387 e. The maximum Gasteiger partial charge on any atom is 0.281 e. The average molecular weight is 292 g/mol. The van der Waals surface area contributed by atoms with Crippen LogP contribution in [0.1, 0.15) is 6.92 Å². The van der Waals surface area contributed by atoms with Crippen LogP contribution < -0.4 is 0 Å². The quantitative estimate of drug-likeness (QED) is 0.637. The van der Waals surface area contributed by atoms with Gasteiger partial charge in [-0.1, -0.05) is 0 Å². The lowest BCUT2D eigenvalue weighted by Crippen LogP contribution is -2.79. The summed E-state index contributed by atoms with van der Waals surface area (Å²) in [5.41, 5.74) is 0. The van der Waals surface area contributed by atoms with E-state index in [4.69, 9.17) is 33.2 Å². The van der Waals surface area contributed by atoms with E-state index in [1.807, 2.05) is 0 Å². The molecule has 8 heteroatoms. The first-order chi connectivity index (χ1) is 9.59. The Bertz CT molecular complexity index is 324. The lowest BCUT2D eigenvalue weighted by molar-refractivity contribution is -0.537. The summed E-state index contributed by atoms with van der Waals surface area (Å²) in [7, 11) is 3.05. The molecule has 3 aliphatic heterocycles. The number of aliphatic hydroxyl groups excluding tert-OH is 1. The van der Waals surface area contributed by atoms with Crippen LogP contribution >= 0.6 is 0 Å². The summed E-state index contributed by atoms with van der Waals surface area (Å²) < 4.78 is 38.0. The number of methoxy groups -OCH3 is 2. The van der Waals surface area contributed by atoms with E-state index in [0.29, 0.717) is 0 Å². The molecule has 0 amide bonds. The molecule has 1 N–H and O–H groups in total. The van der Waals surface area contributed by atoms with Gasteiger partial charge in [0, 0.05) is 21.1 Å². The fraction of sp³-hybridized carbons (Fsp3) is 1.00. The summed E-state index contributed by atoms with van der Waals surface area (Å²) in [6.07, 6.45) is -3.30. The van der Waals surface area contributed by atoms with Crippen molar-refractivity contribution in [1.82, 2.24) is 0 Å². The second-order valence-electron chi connectivity index (χ2n) is 5.18. The molecular formula is C12H20O8. The van der Waals surface area contributed by atoms with E-state index in [-0.39, 0.29) is 13.6 Å². The van der Waals surface area contributed by atoms with Gasteiger partial charge in [0.15, 0.2) is 0 Å². The Morgan fingerprint density at radius 3 is 1.80 bits per heavy atom. The Hall–Kier alpha value is -0.320. The lowest BCUT2D eigenvalue weighted by Gasteiger charge is -2.61. The lowest BCUT2D eigenvalue weighted by atomic mass is 9.81. The Kier molecular flexibility index (Phi) is 3.99. The molecule has 3 heterocycles. The first-order valence-corrected chi connectivity index (χ1v) is 6.52. The molecule has 116 valence electrons. The normalized spacial score (nSPS) is 49.8. The standard InChI is InChI=1S/C12H20O8/c1-12-18-7-6(13)8(19-12)10(17-5-15-3)11(20-12)9(7)16-4-14-2/h6-11,13H,4-5H2,1-3H3/t6?,7-,8?,9+,10?,11?,12?/m1/s1. The highest BCUT2D eigenvalue weighted by Gasteiger charge is 2.66. The first kappa shape index (κ1) is 14.6. The number of hydrogen-bond donors (Lipinski definition) is 1. The van der Waals surface area contributed by atoms with Crippen LogP contribution in [0.15, 0.2) is 0 Å². The number of rotatable bonds is 6. The fourth-order valence-electron chi connectivity index (χ4n) is 3.04. The van der Waals surface area contributed by atoms with E-state index in [0.717, 1.165) is 0 Å². The Morgan fingerprint density at radius 1 is 0.900 bits per heavy atom. The van der Waals surface area contributed by atoms with Crippen molar-refractivity contribution in [3.8, 4) is 0 Å². The highest BCUT2D eigenvalue weighted by molar-refractivity contribution is 5.08. The van der Waals surface area contributed by atoms with Crippen LogP contribution in [0.4, 0.5) is 0 Å². The van der Waals surface area contributed by atoms with Crippen LogP contribution in [-0.2, 0) is 33.2 Å². The predicted octanol–water partition coefficient (Wildman–Crippen LogP) is -0.804. The molecule has 20 heavy (non-hydrogen) atoms. The van der Waals surface area contributed by atoms with Crippen LogP contribution in [0.3, 0.4) is 0 Å². The van der Waals surface area contributed by atoms with Gasteiger partial charge in [-0.05, 0) is 0 Å². The molecule has 1 saturated carbocycles. The molecule has 7 atom stereocenters. The van der Waals surface area contributed by atoms with Crippen molar-refractivity contribution in [2.45, 2.75) is 49.5 Å². The summed E-state index contributed by atoms with van der Waals surface area (Å²) >= 11 is 0. The number of ether oxygens (including phenoxy) is 7. The Balaban J connectivity index is 1.81. The molecule has 0 aromatic heterocycles. The van der Waals surface area contributed by atoms with Gasteiger partial charge in [0.1, 0.15) is 50.2 Å². The first-order valence-electron chi connectivity index (χ1n) is 6.52. The van der Waals surface area contributed by atoms with Gasteiger partial charge in [0.2, 0.25) is 0 Å². The van der Waals surface area contributed by atoms with Gasteiger partial charge in [-0.15, -0.1) is 0 Å². The van der Waals surface area contributed by atoms with Gasteiger partial charge in [0.25, 0.3) is 5.97 Å². The molecule has 8 nitrogen and oxygen atoms in total. The molecule has 4 aliphatic rings. The minimum absolute atomic E-state index is 0.0797. The summed E-state index contributed by atoms with van der Waals surface area (Å²) in [5.74, 6) is -1.17. The van der Waals surface area contributed by atoms with Crippen molar-refractivity contribution < 1.29 is 38.3 Å². The van der Waals surface area contributed by atoms with Crippen molar-refractivity contribution in [2.24, 2.45) is 0 Å². The Labute approximate surface area is 116 Å². The zero-order valence-corrected chi connectivity index (χ0v) is 11.7. The maximum absolute atomic E-state index is 10.3. The fourth-order valence-corrected chi connectivity index (χ4v) is 3.04. The topological polar surface area (TPSA) is 84.8 Å². The predicted molar refractivity (Wildman–Crippen MR) is 62.5 cm³/mol. The highest BCUT2D eigenvalue weighted by Crippen LogP contribution is 2.46. The van der Waals surface area contributed by atoms with E-state index >= 15 is 0 Å². The van der Waals surface area contributed by atoms with Gasteiger partial charge >= 0.3 is 0 Å². The van der Waals surface area contributed by atoms with Crippen LogP contribution in [0.5, 0.6) is 0 Å². The minimum atomic E-state index is -1.17. The van der Waals surface area contributed by atoms with Crippen LogP contribution in [0.25, 0.3) is 0 Å². The molecule has 4 fully saturated rings. The zero-order valence-electron chi connectivity index (χ0n) is 11.7. The van der Waals surface area contributed by atoms with E-state index < -0.39 is 42.6 Å². The maximum atomic E-state index is 10.3. The summed E-state index contributed by atoms with van der Waals surface area (Å²) in [4.78, 5) is 0. The monoisotopic (exact) mass is 292 g/mol. The van der Waals surface area contributed by atoms with Crippen LogP contribution in [0.2, 0.25) is 0 Å². The van der Waals surface area contributed by atoms with Gasteiger partial charge in [-0.2, -0.15) is 0 Å². The third-order valence-corrected chi connectivity index (χ3v) is 3.78. The average Bonchev–Trinajstić information content (AvgIpc) is 2.42. The summed E-state index contributed by atoms with van der Waals surface area (Å²) in [5, 5.41) is 10.3. The third-order valence-electron chi connectivity index (χ3n) is 3.78. The van der Waals surface area contributed by atoms with Gasteiger partial charge in [0.05, 0.1) is 0 Å². The van der Waals surface area contributed by atoms with E-state index in [2.05, 4.69) is 0 Å².